The summed E-state index contributed by atoms with van der Waals surface area (Å²) in [4.78, 5) is 4.51. The van der Waals surface area contributed by atoms with Gasteiger partial charge in [0, 0.05) is 16.8 Å². The van der Waals surface area contributed by atoms with Crippen LogP contribution in [0.1, 0.15) is 11.3 Å². The standard InChI is InChI=1S/C14H13NO2/c1-8-6-13(16-3)15-14-10(8)4-5-12-11(14)7-9(2)17-12/h4-7H,1-3H3. The van der Waals surface area contributed by atoms with Gasteiger partial charge < -0.3 is 9.15 Å². The van der Waals surface area contributed by atoms with Crippen molar-refractivity contribution in [3.63, 3.8) is 0 Å². The van der Waals surface area contributed by atoms with Crippen molar-refractivity contribution in [3.05, 3.63) is 35.6 Å². The smallest absolute Gasteiger partial charge is 0.213 e. The van der Waals surface area contributed by atoms with Gasteiger partial charge in [-0.1, -0.05) is 0 Å². The van der Waals surface area contributed by atoms with Gasteiger partial charge in [0.2, 0.25) is 5.88 Å². The van der Waals surface area contributed by atoms with Crippen molar-refractivity contribution in [2.45, 2.75) is 13.8 Å². The van der Waals surface area contributed by atoms with Gasteiger partial charge in [0.25, 0.3) is 0 Å². The topological polar surface area (TPSA) is 35.3 Å². The van der Waals surface area contributed by atoms with Crippen LogP contribution in [0.25, 0.3) is 21.9 Å². The fraction of sp³-hybridized carbons (Fsp3) is 0.214. The number of furan rings is 1. The first-order valence-electron chi connectivity index (χ1n) is 5.53. The van der Waals surface area contributed by atoms with E-state index in [1.165, 1.54) is 0 Å². The third-order valence-corrected chi connectivity index (χ3v) is 2.99. The van der Waals surface area contributed by atoms with E-state index in [9.17, 15) is 0 Å². The van der Waals surface area contributed by atoms with Crippen LogP contribution in [-0.2, 0) is 0 Å². The maximum absolute atomic E-state index is 5.61. The van der Waals surface area contributed by atoms with Gasteiger partial charge in [-0.3, -0.25) is 0 Å². The van der Waals surface area contributed by atoms with E-state index in [0.29, 0.717) is 5.88 Å². The first kappa shape index (κ1) is 10.1. The number of ether oxygens (including phenoxy) is 1. The first-order chi connectivity index (χ1) is 8.19. The lowest BCUT2D eigenvalue weighted by Gasteiger charge is -2.05. The van der Waals surface area contributed by atoms with Gasteiger partial charge >= 0.3 is 0 Å². The Balaban J connectivity index is 2.50. The number of aryl methyl sites for hydroxylation is 2. The number of hydrogen-bond donors (Lipinski definition) is 0. The largest absolute Gasteiger partial charge is 0.481 e. The van der Waals surface area contributed by atoms with Crippen LogP contribution < -0.4 is 4.74 Å². The first-order valence-corrected chi connectivity index (χ1v) is 5.53. The minimum absolute atomic E-state index is 0.640. The molecule has 3 heteroatoms. The summed E-state index contributed by atoms with van der Waals surface area (Å²) < 4.78 is 10.8. The van der Waals surface area contributed by atoms with Gasteiger partial charge in [0.05, 0.1) is 12.6 Å². The number of hydrogen-bond acceptors (Lipinski definition) is 3. The van der Waals surface area contributed by atoms with Gasteiger partial charge in [0.15, 0.2) is 0 Å². The quantitative estimate of drug-likeness (QED) is 0.637. The van der Waals surface area contributed by atoms with E-state index in [0.717, 1.165) is 33.2 Å². The number of aromatic nitrogens is 1. The lowest BCUT2D eigenvalue weighted by Crippen LogP contribution is -1.90. The fourth-order valence-electron chi connectivity index (χ4n) is 2.17. The summed E-state index contributed by atoms with van der Waals surface area (Å²) in [6.45, 7) is 4.00. The third kappa shape index (κ3) is 1.46. The Hall–Kier alpha value is -2.03. The molecule has 0 amide bonds. The van der Waals surface area contributed by atoms with Crippen LogP contribution >= 0.6 is 0 Å². The van der Waals surface area contributed by atoms with E-state index >= 15 is 0 Å². The molecule has 17 heavy (non-hydrogen) atoms. The monoisotopic (exact) mass is 227 g/mol. The molecule has 0 bridgehead atoms. The molecule has 0 aliphatic heterocycles. The SMILES string of the molecule is COc1cc(C)c2ccc3oc(C)cc3c2n1. The molecule has 86 valence electrons. The summed E-state index contributed by atoms with van der Waals surface area (Å²) in [6.07, 6.45) is 0. The van der Waals surface area contributed by atoms with E-state index < -0.39 is 0 Å². The summed E-state index contributed by atoms with van der Waals surface area (Å²) in [5, 5.41) is 2.18. The molecule has 0 radical (unpaired) electrons. The Kier molecular flexibility index (Phi) is 2.08. The van der Waals surface area contributed by atoms with E-state index in [1.807, 2.05) is 31.2 Å². The highest BCUT2D eigenvalue weighted by Gasteiger charge is 2.09. The zero-order chi connectivity index (χ0) is 12.0. The van der Waals surface area contributed by atoms with E-state index in [1.54, 1.807) is 7.11 Å². The molecule has 0 spiro atoms. The third-order valence-electron chi connectivity index (χ3n) is 2.99. The molecule has 0 aliphatic carbocycles. The van der Waals surface area contributed by atoms with Crippen LogP contribution in [-0.4, -0.2) is 12.1 Å². The molecule has 0 fully saturated rings. The van der Waals surface area contributed by atoms with Crippen molar-refractivity contribution in [2.75, 3.05) is 7.11 Å². The second-order valence-electron chi connectivity index (χ2n) is 4.21. The highest BCUT2D eigenvalue weighted by Crippen LogP contribution is 2.30. The second kappa shape index (κ2) is 3.48. The van der Waals surface area contributed by atoms with Crippen LogP contribution in [0.5, 0.6) is 5.88 Å². The second-order valence-corrected chi connectivity index (χ2v) is 4.21. The van der Waals surface area contributed by atoms with Crippen LogP contribution in [0.15, 0.2) is 28.7 Å². The molecule has 0 atom stereocenters. The zero-order valence-electron chi connectivity index (χ0n) is 10.1. The molecule has 3 rings (SSSR count). The lowest BCUT2D eigenvalue weighted by atomic mass is 10.1. The Labute approximate surface area is 99.0 Å². The molecule has 0 aliphatic rings. The van der Waals surface area contributed by atoms with Crippen molar-refractivity contribution >= 4 is 21.9 Å². The van der Waals surface area contributed by atoms with Crippen molar-refractivity contribution in [1.82, 2.24) is 4.98 Å². The van der Waals surface area contributed by atoms with E-state index in [2.05, 4.69) is 11.9 Å². The van der Waals surface area contributed by atoms with Crippen molar-refractivity contribution in [1.29, 1.82) is 0 Å². The normalized spacial score (nSPS) is 11.2. The Bertz CT molecular complexity index is 713. The summed E-state index contributed by atoms with van der Waals surface area (Å²) in [5.74, 6) is 1.54. The van der Waals surface area contributed by atoms with Crippen LogP contribution in [0.4, 0.5) is 0 Å². The maximum Gasteiger partial charge on any atom is 0.213 e. The van der Waals surface area contributed by atoms with Crippen LogP contribution in [0.3, 0.4) is 0 Å². The molecule has 2 heterocycles. The predicted molar refractivity (Wildman–Crippen MR) is 67.5 cm³/mol. The minimum atomic E-state index is 0.640. The lowest BCUT2D eigenvalue weighted by molar-refractivity contribution is 0.399. The number of rotatable bonds is 1. The molecule has 0 unspecified atom stereocenters. The van der Waals surface area contributed by atoms with Crippen LogP contribution in [0.2, 0.25) is 0 Å². The van der Waals surface area contributed by atoms with Gasteiger partial charge in [-0.15, -0.1) is 0 Å². The molecule has 0 saturated carbocycles. The fourth-order valence-corrected chi connectivity index (χ4v) is 2.17. The van der Waals surface area contributed by atoms with Gasteiger partial charge in [0.1, 0.15) is 11.3 Å². The minimum Gasteiger partial charge on any atom is -0.481 e. The molecule has 1 aromatic carbocycles. The van der Waals surface area contributed by atoms with Gasteiger partial charge in [-0.05, 0) is 37.6 Å². The van der Waals surface area contributed by atoms with E-state index in [4.69, 9.17) is 9.15 Å². The number of benzene rings is 1. The molecule has 0 saturated heterocycles. The van der Waals surface area contributed by atoms with Crippen LogP contribution in [0, 0.1) is 13.8 Å². The number of fused-ring (bicyclic) bond motifs is 3. The summed E-state index contributed by atoms with van der Waals surface area (Å²) in [7, 11) is 1.63. The average Bonchev–Trinajstić information content (AvgIpc) is 2.69. The van der Waals surface area contributed by atoms with Gasteiger partial charge in [-0.25, -0.2) is 4.98 Å². The van der Waals surface area contributed by atoms with Crippen molar-refractivity contribution < 1.29 is 9.15 Å². The summed E-state index contributed by atoms with van der Waals surface area (Å²) >= 11 is 0. The highest BCUT2D eigenvalue weighted by atomic mass is 16.5. The van der Waals surface area contributed by atoms with Crippen molar-refractivity contribution in [2.24, 2.45) is 0 Å². The molecule has 3 nitrogen and oxygen atoms in total. The van der Waals surface area contributed by atoms with E-state index in [-0.39, 0.29) is 0 Å². The predicted octanol–water partition coefficient (Wildman–Crippen LogP) is 3.61. The molecular weight excluding hydrogens is 214 g/mol. The molecule has 2 aromatic heterocycles. The van der Waals surface area contributed by atoms with Crippen molar-refractivity contribution in [3.8, 4) is 5.88 Å². The number of pyridine rings is 1. The zero-order valence-corrected chi connectivity index (χ0v) is 10.1. The Morgan fingerprint density at radius 3 is 2.71 bits per heavy atom. The number of methoxy groups -OCH3 is 1. The number of nitrogens with zero attached hydrogens (tertiary/aromatic N) is 1. The maximum atomic E-state index is 5.61. The average molecular weight is 227 g/mol. The van der Waals surface area contributed by atoms with Gasteiger partial charge in [-0.2, -0.15) is 0 Å². The summed E-state index contributed by atoms with van der Waals surface area (Å²) in [5.41, 5.74) is 2.97. The molecular formula is C14H13NO2. The molecule has 0 N–H and O–H groups in total. The molecule has 3 aromatic rings. The summed E-state index contributed by atoms with van der Waals surface area (Å²) in [6, 6.07) is 8.00. The highest BCUT2D eigenvalue weighted by molar-refractivity contribution is 6.04. The Morgan fingerprint density at radius 2 is 1.94 bits per heavy atom. The Morgan fingerprint density at radius 1 is 1.12 bits per heavy atom.